The lowest BCUT2D eigenvalue weighted by atomic mass is 10.1. The van der Waals surface area contributed by atoms with Crippen LogP contribution in [-0.4, -0.2) is 71.3 Å². The van der Waals surface area contributed by atoms with Crippen molar-refractivity contribution in [3.8, 4) is 5.69 Å². The Kier molecular flexibility index (Phi) is 6.68. The Hall–Kier alpha value is -2.36. The van der Waals surface area contributed by atoms with E-state index in [-0.39, 0.29) is 35.3 Å². The Balaban J connectivity index is 1.39. The molecule has 2 aromatic carbocycles. The Morgan fingerprint density at radius 2 is 1.97 bits per heavy atom. The third kappa shape index (κ3) is 5.01. The summed E-state index contributed by atoms with van der Waals surface area (Å²) in [5, 5.41) is 0.745. The van der Waals surface area contributed by atoms with E-state index >= 15 is 0 Å². The van der Waals surface area contributed by atoms with Gasteiger partial charge in [0.1, 0.15) is 0 Å². The molecule has 2 atom stereocenters. The highest BCUT2D eigenvalue weighted by molar-refractivity contribution is 7.99. The zero-order valence-electron chi connectivity index (χ0n) is 19.2. The smallest absolute Gasteiger partial charge is 0.233 e. The van der Waals surface area contributed by atoms with Crippen molar-refractivity contribution in [2.75, 3.05) is 30.4 Å². The summed E-state index contributed by atoms with van der Waals surface area (Å²) in [6.45, 7) is 3.20. The van der Waals surface area contributed by atoms with Gasteiger partial charge in [-0.05, 0) is 50.5 Å². The second kappa shape index (κ2) is 9.71. The summed E-state index contributed by atoms with van der Waals surface area (Å²) < 4.78 is 32.1. The first-order valence-corrected chi connectivity index (χ1v) is 14.5. The molecule has 3 aromatic rings. The summed E-state index contributed by atoms with van der Waals surface area (Å²) >= 11 is 1.40. The molecule has 34 heavy (non-hydrogen) atoms. The largest absolute Gasteiger partial charge is 0.376 e. The number of sulfone groups is 1. The van der Waals surface area contributed by atoms with Gasteiger partial charge in [-0.3, -0.25) is 9.36 Å². The Morgan fingerprint density at radius 1 is 1.18 bits per heavy atom. The van der Waals surface area contributed by atoms with Crippen molar-refractivity contribution in [1.29, 1.82) is 0 Å². The molecule has 0 N–H and O–H groups in total. The van der Waals surface area contributed by atoms with Crippen LogP contribution in [0.1, 0.15) is 24.8 Å². The van der Waals surface area contributed by atoms with Gasteiger partial charge in [-0.25, -0.2) is 13.4 Å². The molecule has 180 valence electrons. The van der Waals surface area contributed by atoms with E-state index in [0.29, 0.717) is 19.6 Å². The van der Waals surface area contributed by atoms with Gasteiger partial charge in [0.2, 0.25) is 5.91 Å². The molecule has 2 saturated heterocycles. The zero-order valence-corrected chi connectivity index (χ0v) is 20.9. The van der Waals surface area contributed by atoms with Crippen molar-refractivity contribution in [3.05, 3.63) is 54.1 Å². The summed E-state index contributed by atoms with van der Waals surface area (Å²) in [5.41, 5.74) is 4.02. The van der Waals surface area contributed by atoms with Crippen molar-refractivity contribution >= 4 is 38.5 Å². The number of aryl methyl sites for hydroxylation is 1. The standard InChI is InChI=1S/C25H29N3O4S2/c1-18-8-10-19(11-9-18)28-23-7-3-2-6-22(23)26-25(28)33-16-24(29)27(15-21-5-4-13-32-21)20-12-14-34(30,31)17-20/h2-3,6-11,20-21H,4-5,12-17H2,1H3/t20-,21+/m0/s1. The van der Waals surface area contributed by atoms with Gasteiger partial charge < -0.3 is 9.64 Å². The third-order valence-electron chi connectivity index (χ3n) is 6.54. The second-order valence-corrected chi connectivity index (χ2v) is 12.3. The lowest BCUT2D eigenvalue weighted by Gasteiger charge is -2.30. The number of carbonyl (C=O) groups is 1. The van der Waals surface area contributed by atoms with E-state index < -0.39 is 9.84 Å². The quantitative estimate of drug-likeness (QED) is 0.462. The second-order valence-electron chi connectivity index (χ2n) is 9.08. The molecule has 3 heterocycles. The normalized spacial score (nSPS) is 21.8. The Bertz CT molecular complexity index is 1280. The fourth-order valence-corrected chi connectivity index (χ4v) is 7.38. The average Bonchev–Trinajstić information content (AvgIpc) is 3.55. The molecule has 2 aliphatic rings. The lowest BCUT2D eigenvalue weighted by molar-refractivity contribution is -0.131. The highest BCUT2D eigenvalue weighted by Gasteiger charge is 2.36. The molecule has 7 nitrogen and oxygen atoms in total. The molecule has 5 rings (SSSR count). The highest BCUT2D eigenvalue weighted by Crippen LogP contribution is 2.29. The SMILES string of the molecule is Cc1ccc(-n2c(SCC(=O)N(C[C@H]3CCCO3)[C@H]3CCS(=O)(=O)C3)nc3ccccc32)cc1. The fourth-order valence-electron chi connectivity index (χ4n) is 4.74. The molecule has 0 radical (unpaired) electrons. The first-order chi connectivity index (χ1) is 16.4. The predicted molar refractivity (Wildman–Crippen MR) is 134 cm³/mol. The van der Waals surface area contributed by atoms with Crippen LogP contribution >= 0.6 is 11.8 Å². The van der Waals surface area contributed by atoms with Crippen LogP contribution in [0.3, 0.4) is 0 Å². The Labute approximate surface area is 204 Å². The summed E-state index contributed by atoms with van der Waals surface area (Å²) in [5.74, 6) is 0.310. The first kappa shape index (κ1) is 23.4. The molecule has 2 fully saturated rings. The van der Waals surface area contributed by atoms with E-state index in [1.807, 2.05) is 24.3 Å². The maximum absolute atomic E-state index is 13.4. The molecule has 0 aliphatic carbocycles. The molecule has 0 bridgehead atoms. The minimum atomic E-state index is -3.10. The lowest BCUT2D eigenvalue weighted by Crippen LogP contribution is -2.46. The predicted octanol–water partition coefficient (Wildman–Crippen LogP) is 3.62. The van der Waals surface area contributed by atoms with Gasteiger partial charge in [0.05, 0.1) is 34.4 Å². The summed E-state index contributed by atoms with van der Waals surface area (Å²) in [7, 11) is -3.10. The number of carbonyl (C=O) groups excluding carboxylic acids is 1. The van der Waals surface area contributed by atoms with Crippen molar-refractivity contribution in [2.24, 2.45) is 0 Å². The van der Waals surface area contributed by atoms with Crippen LogP contribution < -0.4 is 0 Å². The van der Waals surface area contributed by atoms with E-state index in [0.717, 1.165) is 34.7 Å². The van der Waals surface area contributed by atoms with E-state index in [1.165, 1.54) is 17.3 Å². The topological polar surface area (TPSA) is 81.5 Å². The maximum atomic E-state index is 13.4. The number of rotatable bonds is 7. The number of aromatic nitrogens is 2. The molecule has 0 spiro atoms. The number of ether oxygens (including phenoxy) is 1. The number of imidazole rings is 1. The van der Waals surface area contributed by atoms with Crippen molar-refractivity contribution in [2.45, 2.75) is 43.5 Å². The first-order valence-electron chi connectivity index (χ1n) is 11.7. The van der Waals surface area contributed by atoms with Gasteiger partial charge in [-0.15, -0.1) is 0 Å². The highest BCUT2D eigenvalue weighted by atomic mass is 32.2. The number of amides is 1. The van der Waals surface area contributed by atoms with Crippen molar-refractivity contribution in [1.82, 2.24) is 14.5 Å². The van der Waals surface area contributed by atoms with Crippen molar-refractivity contribution < 1.29 is 17.9 Å². The maximum Gasteiger partial charge on any atom is 0.233 e. The van der Waals surface area contributed by atoms with E-state index in [1.54, 1.807) is 4.90 Å². The molecule has 2 aliphatic heterocycles. The number of hydrogen-bond donors (Lipinski definition) is 0. The van der Waals surface area contributed by atoms with Gasteiger partial charge in [0.15, 0.2) is 15.0 Å². The van der Waals surface area contributed by atoms with Crippen LogP contribution in [-0.2, 0) is 19.4 Å². The molecule has 0 unspecified atom stereocenters. The van der Waals surface area contributed by atoms with E-state index in [9.17, 15) is 13.2 Å². The monoisotopic (exact) mass is 499 g/mol. The van der Waals surface area contributed by atoms with Crippen LogP contribution in [0.4, 0.5) is 0 Å². The summed E-state index contributed by atoms with van der Waals surface area (Å²) in [4.78, 5) is 20.0. The van der Waals surface area contributed by atoms with Gasteiger partial charge in [-0.2, -0.15) is 0 Å². The number of benzene rings is 2. The van der Waals surface area contributed by atoms with Crippen molar-refractivity contribution in [3.63, 3.8) is 0 Å². The average molecular weight is 500 g/mol. The molecule has 9 heteroatoms. The Morgan fingerprint density at radius 3 is 2.68 bits per heavy atom. The van der Waals surface area contributed by atoms with Gasteiger partial charge in [0, 0.05) is 24.9 Å². The summed E-state index contributed by atoms with van der Waals surface area (Å²) in [6.07, 6.45) is 2.35. The minimum Gasteiger partial charge on any atom is -0.376 e. The number of nitrogens with zero attached hydrogens (tertiary/aromatic N) is 3. The molecule has 1 aromatic heterocycles. The van der Waals surface area contributed by atoms with Gasteiger partial charge in [-0.1, -0.05) is 41.6 Å². The van der Waals surface area contributed by atoms with Crippen LogP contribution in [0, 0.1) is 6.92 Å². The zero-order chi connectivity index (χ0) is 23.7. The molecule has 1 amide bonds. The molecular formula is C25H29N3O4S2. The van der Waals surface area contributed by atoms with Crippen LogP contribution in [0.5, 0.6) is 0 Å². The number of thioether (sulfide) groups is 1. The third-order valence-corrected chi connectivity index (χ3v) is 9.21. The number of hydrogen-bond acceptors (Lipinski definition) is 6. The van der Waals surface area contributed by atoms with Gasteiger partial charge in [0.25, 0.3) is 0 Å². The number of para-hydroxylation sites is 2. The van der Waals surface area contributed by atoms with Crippen LogP contribution in [0.2, 0.25) is 0 Å². The summed E-state index contributed by atoms with van der Waals surface area (Å²) in [6, 6.07) is 15.9. The van der Waals surface area contributed by atoms with E-state index in [4.69, 9.17) is 9.72 Å². The fraction of sp³-hybridized carbons (Fsp3) is 0.440. The van der Waals surface area contributed by atoms with Crippen LogP contribution in [0.25, 0.3) is 16.7 Å². The number of fused-ring (bicyclic) bond motifs is 1. The minimum absolute atomic E-state index is 0.0191. The molecule has 0 saturated carbocycles. The molecular weight excluding hydrogens is 470 g/mol. The van der Waals surface area contributed by atoms with Gasteiger partial charge >= 0.3 is 0 Å². The van der Waals surface area contributed by atoms with E-state index in [2.05, 4.69) is 35.8 Å². The van der Waals surface area contributed by atoms with Crippen LogP contribution in [0.15, 0.2) is 53.7 Å².